The molecule has 0 saturated carbocycles. The minimum Gasteiger partial charge on any atom is -0.461 e. The summed E-state index contributed by atoms with van der Waals surface area (Å²) in [6.07, 6.45) is 2.12. The van der Waals surface area contributed by atoms with Crippen LogP contribution in [0.15, 0.2) is 34.3 Å². The molecule has 2 rings (SSSR count). The highest BCUT2D eigenvalue weighted by molar-refractivity contribution is 5.88. The lowest BCUT2D eigenvalue weighted by Gasteiger charge is -2.04. The van der Waals surface area contributed by atoms with Gasteiger partial charge in [-0.05, 0) is 26.8 Å². The Morgan fingerprint density at radius 1 is 1.38 bits per heavy atom. The van der Waals surface area contributed by atoms with Crippen LogP contribution in [-0.4, -0.2) is 6.04 Å². The average molecular weight is 215 g/mol. The fourth-order valence-electron chi connectivity index (χ4n) is 1.73. The van der Waals surface area contributed by atoms with Crippen molar-refractivity contribution in [2.24, 2.45) is 5.73 Å². The second kappa shape index (κ2) is 4.14. The lowest BCUT2D eigenvalue weighted by molar-refractivity contribution is 0.577. The monoisotopic (exact) mass is 215 g/mol. The van der Waals surface area contributed by atoms with Crippen LogP contribution in [0.3, 0.4) is 0 Å². The van der Waals surface area contributed by atoms with Gasteiger partial charge < -0.3 is 10.2 Å². The van der Waals surface area contributed by atoms with Crippen LogP contribution in [0.25, 0.3) is 17.0 Å². The third-order valence-electron chi connectivity index (χ3n) is 2.91. The molecule has 0 spiro atoms. The quantitative estimate of drug-likeness (QED) is 0.832. The molecule has 16 heavy (non-hydrogen) atoms. The number of hydrogen-bond acceptors (Lipinski definition) is 2. The van der Waals surface area contributed by atoms with E-state index >= 15 is 0 Å². The predicted molar refractivity (Wildman–Crippen MR) is 68.3 cm³/mol. The first-order chi connectivity index (χ1) is 7.59. The van der Waals surface area contributed by atoms with Crippen molar-refractivity contribution in [3.05, 3.63) is 41.2 Å². The zero-order chi connectivity index (χ0) is 11.7. The molecule has 2 N–H and O–H groups in total. The standard InChI is InChI=1S/C14H17NO/c1-9(10(2)15)8-13-11(3)16-14-7-5-4-6-12(13)14/h4-8,10H,15H2,1-3H3/b9-8+. The topological polar surface area (TPSA) is 39.2 Å². The fourth-order valence-corrected chi connectivity index (χ4v) is 1.73. The van der Waals surface area contributed by atoms with Gasteiger partial charge in [0.2, 0.25) is 0 Å². The number of fused-ring (bicyclic) bond motifs is 1. The van der Waals surface area contributed by atoms with Crippen LogP contribution < -0.4 is 5.73 Å². The van der Waals surface area contributed by atoms with E-state index in [1.54, 1.807) is 0 Å². The van der Waals surface area contributed by atoms with E-state index in [0.717, 1.165) is 27.9 Å². The van der Waals surface area contributed by atoms with Crippen LogP contribution in [0.1, 0.15) is 25.2 Å². The molecule has 1 aromatic carbocycles. The summed E-state index contributed by atoms with van der Waals surface area (Å²) < 4.78 is 5.69. The van der Waals surface area contributed by atoms with Gasteiger partial charge in [-0.3, -0.25) is 0 Å². The van der Waals surface area contributed by atoms with Gasteiger partial charge in [-0.25, -0.2) is 0 Å². The van der Waals surface area contributed by atoms with E-state index in [1.165, 1.54) is 0 Å². The van der Waals surface area contributed by atoms with Crippen LogP contribution in [0, 0.1) is 6.92 Å². The molecule has 0 aliphatic heterocycles. The van der Waals surface area contributed by atoms with Crippen molar-refractivity contribution in [1.82, 2.24) is 0 Å². The van der Waals surface area contributed by atoms with Crippen LogP contribution in [0.5, 0.6) is 0 Å². The molecule has 0 amide bonds. The van der Waals surface area contributed by atoms with Gasteiger partial charge in [0.1, 0.15) is 11.3 Å². The Labute approximate surface area is 95.7 Å². The van der Waals surface area contributed by atoms with Crippen molar-refractivity contribution >= 4 is 17.0 Å². The maximum Gasteiger partial charge on any atom is 0.134 e. The number of rotatable bonds is 2. The van der Waals surface area contributed by atoms with Gasteiger partial charge in [0.05, 0.1) is 0 Å². The van der Waals surface area contributed by atoms with Crippen LogP contribution in [-0.2, 0) is 0 Å². The van der Waals surface area contributed by atoms with E-state index in [0.29, 0.717) is 0 Å². The Kier molecular flexibility index (Phi) is 2.84. The average Bonchev–Trinajstić information content (AvgIpc) is 2.55. The molecule has 1 unspecified atom stereocenters. The lowest BCUT2D eigenvalue weighted by Crippen LogP contribution is -2.15. The summed E-state index contributed by atoms with van der Waals surface area (Å²) in [5.74, 6) is 0.946. The van der Waals surface area contributed by atoms with Crippen molar-refractivity contribution in [2.75, 3.05) is 0 Å². The molecule has 2 heteroatoms. The molecule has 0 aliphatic carbocycles. The first-order valence-electron chi connectivity index (χ1n) is 5.51. The summed E-state index contributed by atoms with van der Waals surface area (Å²) in [4.78, 5) is 0. The molecular formula is C14H17NO. The minimum absolute atomic E-state index is 0.0769. The van der Waals surface area contributed by atoms with E-state index in [1.807, 2.05) is 39.0 Å². The van der Waals surface area contributed by atoms with Gasteiger partial charge in [0.15, 0.2) is 0 Å². The summed E-state index contributed by atoms with van der Waals surface area (Å²) in [6, 6.07) is 8.15. The van der Waals surface area contributed by atoms with E-state index in [2.05, 4.69) is 12.1 Å². The fraction of sp³-hybridized carbons (Fsp3) is 0.286. The lowest BCUT2D eigenvalue weighted by atomic mass is 10.0. The molecule has 2 aromatic rings. The Hall–Kier alpha value is -1.54. The van der Waals surface area contributed by atoms with Gasteiger partial charge in [-0.1, -0.05) is 29.8 Å². The largest absolute Gasteiger partial charge is 0.461 e. The Morgan fingerprint density at radius 3 is 2.75 bits per heavy atom. The third kappa shape index (κ3) is 1.89. The number of nitrogens with two attached hydrogens (primary N) is 1. The maximum absolute atomic E-state index is 5.85. The molecule has 0 saturated heterocycles. The first-order valence-corrected chi connectivity index (χ1v) is 5.51. The van der Waals surface area contributed by atoms with Crippen molar-refractivity contribution in [3.63, 3.8) is 0 Å². The number of benzene rings is 1. The SMILES string of the molecule is C/C(=C\c1c(C)oc2ccccc12)C(C)N. The summed E-state index contributed by atoms with van der Waals surface area (Å²) in [5, 5.41) is 1.15. The van der Waals surface area contributed by atoms with Crippen molar-refractivity contribution in [1.29, 1.82) is 0 Å². The molecule has 0 radical (unpaired) electrons. The highest BCUT2D eigenvalue weighted by Crippen LogP contribution is 2.27. The maximum atomic E-state index is 5.85. The van der Waals surface area contributed by atoms with Crippen LogP contribution >= 0.6 is 0 Å². The smallest absolute Gasteiger partial charge is 0.134 e. The summed E-state index contributed by atoms with van der Waals surface area (Å²) >= 11 is 0. The van der Waals surface area contributed by atoms with Crippen LogP contribution in [0.4, 0.5) is 0 Å². The summed E-state index contributed by atoms with van der Waals surface area (Å²) in [7, 11) is 0. The second-order valence-electron chi connectivity index (χ2n) is 4.25. The molecule has 1 aromatic heterocycles. The number of para-hydroxylation sites is 1. The zero-order valence-corrected chi connectivity index (χ0v) is 9.95. The predicted octanol–water partition coefficient (Wildman–Crippen LogP) is 3.49. The van der Waals surface area contributed by atoms with Crippen LogP contribution in [0.2, 0.25) is 0 Å². The molecule has 1 heterocycles. The van der Waals surface area contributed by atoms with Crippen molar-refractivity contribution < 1.29 is 4.42 Å². The summed E-state index contributed by atoms with van der Waals surface area (Å²) in [5.41, 5.74) is 9.09. The Morgan fingerprint density at radius 2 is 2.06 bits per heavy atom. The molecule has 0 bridgehead atoms. The Bertz CT molecular complexity index is 535. The van der Waals surface area contributed by atoms with Gasteiger partial charge in [-0.2, -0.15) is 0 Å². The van der Waals surface area contributed by atoms with Gasteiger partial charge in [0.25, 0.3) is 0 Å². The second-order valence-corrected chi connectivity index (χ2v) is 4.25. The number of aryl methyl sites for hydroxylation is 1. The third-order valence-corrected chi connectivity index (χ3v) is 2.91. The van der Waals surface area contributed by atoms with E-state index in [4.69, 9.17) is 10.2 Å². The molecule has 2 nitrogen and oxygen atoms in total. The Balaban J connectivity index is 2.60. The minimum atomic E-state index is 0.0769. The van der Waals surface area contributed by atoms with E-state index in [-0.39, 0.29) is 6.04 Å². The van der Waals surface area contributed by atoms with Gasteiger partial charge in [0, 0.05) is 17.0 Å². The summed E-state index contributed by atoms with van der Waals surface area (Å²) in [6.45, 7) is 6.02. The van der Waals surface area contributed by atoms with Gasteiger partial charge in [-0.15, -0.1) is 0 Å². The highest BCUT2D eigenvalue weighted by atomic mass is 16.3. The molecular weight excluding hydrogens is 198 g/mol. The zero-order valence-electron chi connectivity index (χ0n) is 9.95. The molecule has 84 valence electrons. The van der Waals surface area contributed by atoms with E-state index in [9.17, 15) is 0 Å². The van der Waals surface area contributed by atoms with E-state index < -0.39 is 0 Å². The first kappa shape index (κ1) is 11.0. The molecule has 0 aliphatic rings. The number of furan rings is 1. The van der Waals surface area contributed by atoms with Gasteiger partial charge >= 0.3 is 0 Å². The molecule has 1 atom stereocenters. The van der Waals surface area contributed by atoms with Crippen molar-refractivity contribution in [3.8, 4) is 0 Å². The normalized spacial score (nSPS) is 14.4. The number of hydrogen-bond donors (Lipinski definition) is 1. The van der Waals surface area contributed by atoms with Crippen molar-refractivity contribution in [2.45, 2.75) is 26.8 Å². The highest BCUT2D eigenvalue weighted by Gasteiger charge is 2.08. The molecule has 0 fully saturated rings.